The number of hydrogen-bond acceptors (Lipinski definition) is 4. The molecule has 8 heteroatoms. The van der Waals surface area contributed by atoms with Gasteiger partial charge in [0.1, 0.15) is 6.04 Å². The number of aliphatic imine (C=N–C) groups is 1. The SMILES string of the molecule is C[C@H](N)C(=O)N[C@@H](CCCN=C(N)N)C(=O)Nc1ccc2ccccc2c1. The van der Waals surface area contributed by atoms with Crippen molar-refractivity contribution < 1.29 is 9.59 Å². The van der Waals surface area contributed by atoms with Crippen molar-refractivity contribution >= 4 is 34.2 Å². The summed E-state index contributed by atoms with van der Waals surface area (Å²) < 4.78 is 0. The number of nitrogens with one attached hydrogen (secondary N) is 2. The summed E-state index contributed by atoms with van der Waals surface area (Å²) in [6.45, 7) is 1.93. The third-order valence-corrected chi connectivity index (χ3v) is 4.01. The van der Waals surface area contributed by atoms with E-state index in [9.17, 15) is 9.59 Å². The number of carbonyl (C=O) groups is 2. The van der Waals surface area contributed by atoms with Gasteiger partial charge in [-0.1, -0.05) is 30.3 Å². The summed E-state index contributed by atoms with van der Waals surface area (Å²) in [4.78, 5) is 28.5. The van der Waals surface area contributed by atoms with Crippen molar-refractivity contribution in [3.63, 3.8) is 0 Å². The first kappa shape index (κ1) is 20.2. The summed E-state index contributed by atoms with van der Waals surface area (Å²) in [5.74, 6) is -0.716. The third kappa shape index (κ3) is 6.27. The van der Waals surface area contributed by atoms with Crippen LogP contribution in [0.2, 0.25) is 0 Å². The molecule has 8 nitrogen and oxygen atoms in total. The molecule has 0 radical (unpaired) electrons. The Morgan fingerprint density at radius 2 is 1.78 bits per heavy atom. The van der Waals surface area contributed by atoms with E-state index in [0.717, 1.165) is 10.8 Å². The lowest BCUT2D eigenvalue weighted by molar-refractivity contribution is -0.127. The molecule has 0 aliphatic heterocycles. The second-order valence-electron chi connectivity index (χ2n) is 6.35. The van der Waals surface area contributed by atoms with E-state index in [0.29, 0.717) is 25.1 Å². The molecule has 144 valence electrons. The third-order valence-electron chi connectivity index (χ3n) is 4.01. The Balaban J connectivity index is 2.07. The number of carbonyl (C=O) groups excluding carboxylic acids is 2. The Labute approximate surface area is 158 Å². The molecule has 0 bridgehead atoms. The van der Waals surface area contributed by atoms with E-state index >= 15 is 0 Å². The highest BCUT2D eigenvalue weighted by molar-refractivity contribution is 5.99. The second kappa shape index (κ2) is 9.54. The number of fused-ring (bicyclic) bond motifs is 1. The molecule has 0 unspecified atom stereocenters. The van der Waals surface area contributed by atoms with Crippen LogP contribution in [0.1, 0.15) is 19.8 Å². The number of benzene rings is 2. The maximum absolute atomic E-state index is 12.7. The summed E-state index contributed by atoms with van der Waals surface area (Å²) in [6, 6.07) is 12.1. The zero-order chi connectivity index (χ0) is 19.8. The molecule has 2 aromatic rings. The van der Waals surface area contributed by atoms with Gasteiger partial charge in [-0.25, -0.2) is 0 Å². The summed E-state index contributed by atoms with van der Waals surface area (Å²) in [5, 5.41) is 7.61. The van der Waals surface area contributed by atoms with E-state index in [1.54, 1.807) is 6.92 Å². The molecule has 2 rings (SSSR count). The van der Waals surface area contributed by atoms with Gasteiger partial charge in [0.25, 0.3) is 0 Å². The lowest BCUT2D eigenvalue weighted by Crippen LogP contribution is -2.49. The number of rotatable bonds is 8. The van der Waals surface area contributed by atoms with Crippen molar-refractivity contribution in [2.75, 3.05) is 11.9 Å². The minimum absolute atomic E-state index is 0.00761. The van der Waals surface area contributed by atoms with Crippen LogP contribution in [0, 0.1) is 0 Å². The van der Waals surface area contributed by atoms with Gasteiger partial charge in [-0.05, 0) is 42.7 Å². The van der Waals surface area contributed by atoms with Gasteiger partial charge in [-0.2, -0.15) is 0 Å². The summed E-state index contributed by atoms with van der Waals surface area (Å²) in [7, 11) is 0. The van der Waals surface area contributed by atoms with Crippen molar-refractivity contribution in [1.82, 2.24) is 5.32 Å². The Bertz CT molecular complexity index is 830. The predicted molar refractivity (Wildman–Crippen MR) is 108 cm³/mol. The van der Waals surface area contributed by atoms with Crippen LogP contribution >= 0.6 is 0 Å². The van der Waals surface area contributed by atoms with Crippen LogP contribution in [0.3, 0.4) is 0 Å². The highest BCUT2D eigenvalue weighted by Crippen LogP contribution is 2.19. The van der Waals surface area contributed by atoms with Gasteiger partial charge in [0.05, 0.1) is 6.04 Å². The predicted octanol–water partition coefficient (Wildman–Crippen LogP) is 0.664. The first-order chi connectivity index (χ1) is 12.9. The van der Waals surface area contributed by atoms with Crippen LogP contribution in [0.15, 0.2) is 47.5 Å². The molecule has 2 atom stereocenters. The van der Waals surface area contributed by atoms with E-state index in [4.69, 9.17) is 17.2 Å². The molecule has 0 fully saturated rings. The molecule has 0 heterocycles. The van der Waals surface area contributed by atoms with Crippen LogP contribution in [0.4, 0.5) is 5.69 Å². The molecule has 0 aromatic heterocycles. The van der Waals surface area contributed by atoms with Gasteiger partial charge >= 0.3 is 0 Å². The average Bonchev–Trinajstić information content (AvgIpc) is 2.63. The molecular formula is C19H26N6O2. The van der Waals surface area contributed by atoms with Gasteiger partial charge in [0.2, 0.25) is 11.8 Å². The van der Waals surface area contributed by atoms with Crippen molar-refractivity contribution in [2.45, 2.75) is 31.8 Å². The zero-order valence-electron chi connectivity index (χ0n) is 15.3. The molecule has 0 saturated carbocycles. The normalized spacial score (nSPS) is 12.8. The van der Waals surface area contributed by atoms with Crippen LogP contribution in [-0.2, 0) is 9.59 Å². The second-order valence-corrected chi connectivity index (χ2v) is 6.35. The summed E-state index contributed by atoms with van der Waals surface area (Å²) in [6.07, 6.45) is 0.918. The van der Waals surface area contributed by atoms with Crippen molar-refractivity contribution in [1.29, 1.82) is 0 Å². The fourth-order valence-electron chi connectivity index (χ4n) is 2.57. The molecule has 8 N–H and O–H groups in total. The number of hydrogen-bond donors (Lipinski definition) is 5. The molecule has 2 amide bonds. The largest absolute Gasteiger partial charge is 0.370 e. The molecule has 2 aromatic carbocycles. The maximum Gasteiger partial charge on any atom is 0.246 e. The molecule has 0 spiro atoms. The fraction of sp³-hybridized carbons (Fsp3) is 0.316. The maximum atomic E-state index is 12.7. The summed E-state index contributed by atoms with van der Waals surface area (Å²) in [5.41, 5.74) is 16.8. The quantitative estimate of drug-likeness (QED) is 0.263. The van der Waals surface area contributed by atoms with Crippen molar-refractivity contribution in [3.05, 3.63) is 42.5 Å². The van der Waals surface area contributed by atoms with Crippen LogP contribution in [0.25, 0.3) is 10.8 Å². The van der Waals surface area contributed by atoms with Gasteiger partial charge in [-0.3, -0.25) is 14.6 Å². The fourth-order valence-corrected chi connectivity index (χ4v) is 2.57. The highest BCUT2D eigenvalue weighted by atomic mass is 16.2. The Kier molecular flexibility index (Phi) is 7.13. The minimum atomic E-state index is -0.732. The highest BCUT2D eigenvalue weighted by Gasteiger charge is 2.22. The van der Waals surface area contributed by atoms with E-state index in [1.807, 2.05) is 42.5 Å². The van der Waals surface area contributed by atoms with E-state index < -0.39 is 18.0 Å². The number of nitrogens with two attached hydrogens (primary N) is 3. The van der Waals surface area contributed by atoms with Crippen LogP contribution < -0.4 is 27.8 Å². The topological polar surface area (TPSA) is 149 Å². The number of anilines is 1. The van der Waals surface area contributed by atoms with Crippen molar-refractivity contribution in [3.8, 4) is 0 Å². The lowest BCUT2D eigenvalue weighted by Gasteiger charge is -2.19. The number of guanidine groups is 1. The Morgan fingerprint density at radius 3 is 2.44 bits per heavy atom. The minimum Gasteiger partial charge on any atom is -0.370 e. The average molecular weight is 370 g/mol. The van der Waals surface area contributed by atoms with Gasteiger partial charge in [0.15, 0.2) is 5.96 Å². The smallest absolute Gasteiger partial charge is 0.246 e. The monoisotopic (exact) mass is 370 g/mol. The Hall–Kier alpha value is -3.13. The Morgan fingerprint density at radius 1 is 1.07 bits per heavy atom. The number of amides is 2. The van der Waals surface area contributed by atoms with Crippen molar-refractivity contribution in [2.24, 2.45) is 22.2 Å². The molecule has 27 heavy (non-hydrogen) atoms. The van der Waals surface area contributed by atoms with Gasteiger partial charge in [0, 0.05) is 12.2 Å². The zero-order valence-corrected chi connectivity index (χ0v) is 15.3. The summed E-state index contributed by atoms with van der Waals surface area (Å²) >= 11 is 0. The first-order valence-electron chi connectivity index (χ1n) is 8.78. The standard InChI is InChI=1S/C19H26N6O2/c1-12(20)17(26)25-16(7-4-10-23-19(21)22)18(27)24-15-9-8-13-5-2-3-6-14(13)11-15/h2-3,5-6,8-9,11-12,16H,4,7,10,20H2,1H3,(H,24,27)(H,25,26)(H4,21,22,23)/t12-,16-/m0/s1. The molecule has 0 aliphatic rings. The van der Waals surface area contributed by atoms with E-state index in [2.05, 4.69) is 15.6 Å². The van der Waals surface area contributed by atoms with E-state index in [1.165, 1.54) is 0 Å². The van der Waals surface area contributed by atoms with Crippen LogP contribution in [0.5, 0.6) is 0 Å². The molecular weight excluding hydrogens is 344 g/mol. The first-order valence-corrected chi connectivity index (χ1v) is 8.78. The molecule has 0 saturated heterocycles. The molecule has 0 aliphatic carbocycles. The van der Waals surface area contributed by atoms with Crippen LogP contribution in [-0.4, -0.2) is 36.4 Å². The lowest BCUT2D eigenvalue weighted by atomic mass is 10.1. The van der Waals surface area contributed by atoms with E-state index in [-0.39, 0.29) is 11.9 Å². The van der Waals surface area contributed by atoms with Gasteiger partial charge in [-0.15, -0.1) is 0 Å². The number of nitrogens with zero attached hydrogens (tertiary/aromatic N) is 1. The van der Waals surface area contributed by atoms with Gasteiger partial charge < -0.3 is 27.8 Å².